The van der Waals surface area contributed by atoms with Gasteiger partial charge >= 0.3 is 6.18 Å². The molecule has 1 aliphatic rings. The molecule has 19 heavy (non-hydrogen) atoms. The van der Waals surface area contributed by atoms with E-state index in [0.717, 1.165) is 25.0 Å². The molecule has 6 heteroatoms. The molecular weight excluding hydrogens is 259 g/mol. The van der Waals surface area contributed by atoms with Crippen molar-refractivity contribution in [1.82, 2.24) is 0 Å². The number of piperidine rings is 1. The maximum absolute atomic E-state index is 12.8. The Morgan fingerprint density at radius 3 is 2.53 bits per heavy atom. The van der Waals surface area contributed by atoms with Gasteiger partial charge in [0.05, 0.1) is 5.56 Å². The minimum absolute atomic E-state index is 0.171. The van der Waals surface area contributed by atoms with Crippen LogP contribution in [0.1, 0.15) is 35.2 Å². The number of hydrogen-bond donors (Lipinski definition) is 0. The first-order valence-electron chi connectivity index (χ1n) is 5.90. The molecule has 1 fully saturated rings. The molecule has 0 bridgehead atoms. The molecular formula is C13H12F3NO2. The van der Waals surface area contributed by atoms with Gasteiger partial charge in [0.2, 0.25) is 5.91 Å². The van der Waals surface area contributed by atoms with Crippen molar-refractivity contribution in [2.75, 3.05) is 11.4 Å². The Bertz CT molecular complexity index is 511. The van der Waals surface area contributed by atoms with E-state index in [-0.39, 0.29) is 17.9 Å². The van der Waals surface area contributed by atoms with Crippen LogP contribution in [0.4, 0.5) is 18.9 Å². The van der Waals surface area contributed by atoms with Gasteiger partial charge in [-0.25, -0.2) is 0 Å². The third-order valence-corrected chi connectivity index (χ3v) is 3.10. The molecule has 3 nitrogen and oxygen atoms in total. The lowest BCUT2D eigenvalue weighted by molar-refractivity contribution is -0.137. The minimum atomic E-state index is -4.61. The van der Waals surface area contributed by atoms with Crippen LogP contribution in [0.25, 0.3) is 0 Å². The van der Waals surface area contributed by atoms with Crippen molar-refractivity contribution < 1.29 is 22.8 Å². The zero-order valence-corrected chi connectivity index (χ0v) is 10.0. The highest BCUT2D eigenvalue weighted by molar-refractivity contribution is 5.94. The molecule has 1 saturated heterocycles. The number of anilines is 1. The molecule has 1 aromatic carbocycles. The van der Waals surface area contributed by atoms with E-state index in [1.54, 1.807) is 0 Å². The Balaban J connectivity index is 2.42. The molecule has 0 saturated carbocycles. The van der Waals surface area contributed by atoms with E-state index in [2.05, 4.69) is 0 Å². The Morgan fingerprint density at radius 1 is 1.21 bits per heavy atom. The van der Waals surface area contributed by atoms with Crippen LogP contribution in [-0.2, 0) is 11.0 Å². The van der Waals surface area contributed by atoms with Crippen LogP contribution in [0, 0.1) is 0 Å². The van der Waals surface area contributed by atoms with E-state index >= 15 is 0 Å². The highest BCUT2D eigenvalue weighted by atomic mass is 19.4. The molecule has 0 aromatic heterocycles. The van der Waals surface area contributed by atoms with Gasteiger partial charge in [-0.15, -0.1) is 0 Å². The fourth-order valence-electron chi connectivity index (χ4n) is 2.14. The van der Waals surface area contributed by atoms with Crippen LogP contribution in [0.5, 0.6) is 0 Å². The first kappa shape index (κ1) is 13.6. The summed E-state index contributed by atoms with van der Waals surface area (Å²) in [5.74, 6) is -0.182. The quantitative estimate of drug-likeness (QED) is 0.775. The van der Waals surface area contributed by atoms with Crippen LogP contribution in [0.2, 0.25) is 0 Å². The maximum Gasteiger partial charge on any atom is 0.417 e. The van der Waals surface area contributed by atoms with Gasteiger partial charge in [-0.1, -0.05) is 0 Å². The largest absolute Gasteiger partial charge is 0.417 e. The Morgan fingerprint density at radius 2 is 1.95 bits per heavy atom. The van der Waals surface area contributed by atoms with Gasteiger partial charge in [0.1, 0.15) is 0 Å². The average molecular weight is 271 g/mol. The molecule has 0 atom stereocenters. The SMILES string of the molecule is O=Cc1ccc(N2CCCCC2=O)cc1C(F)(F)F. The zero-order valence-electron chi connectivity index (χ0n) is 10.0. The predicted octanol–water partition coefficient (Wildman–Crippen LogP) is 3.03. The molecule has 0 unspecified atom stereocenters. The molecule has 0 aliphatic carbocycles. The highest BCUT2D eigenvalue weighted by Gasteiger charge is 2.34. The van der Waals surface area contributed by atoms with Crippen molar-refractivity contribution in [3.05, 3.63) is 29.3 Å². The van der Waals surface area contributed by atoms with Crippen LogP contribution >= 0.6 is 0 Å². The molecule has 2 rings (SSSR count). The molecule has 102 valence electrons. The maximum atomic E-state index is 12.8. The first-order valence-corrected chi connectivity index (χ1v) is 5.90. The number of carbonyl (C=O) groups is 2. The summed E-state index contributed by atoms with van der Waals surface area (Å²) in [4.78, 5) is 23.7. The molecule has 1 amide bonds. The second kappa shape index (κ2) is 5.03. The van der Waals surface area contributed by atoms with Gasteiger partial charge in [-0.2, -0.15) is 13.2 Å². The Kier molecular flexibility index (Phi) is 3.59. The monoisotopic (exact) mass is 271 g/mol. The van der Waals surface area contributed by atoms with Crippen molar-refractivity contribution >= 4 is 17.9 Å². The number of halogens is 3. The summed E-state index contributed by atoms with van der Waals surface area (Å²) in [6.07, 6.45) is -2.57. The van der Waals surface area contributed by atoms with Gasteiger partial charge < -0.3 is 4.90 Å². The molecule has 0 radical (unpaired) electrons. The summed E-state index contributed by atoms with van der Waals surface area (Å²) < 4.78 is 38.5. The third-order valence-electron chi connectivity index (χ3n) is 3.10. The smallest absolute Gasteiger partial charge is 0.312 e. The standard InChI is InChI=1S/C13H12F3NO2/c14-13(15,16)11-7-10(5-4-9(11)8-18)17-6-2-1-3-12(17)19/h4-5,7-8H,1-3,6H2. The van der Waals surface area contributed by atoms with Gasteiger partial charge in [-0.05, 0) is 31.0 Å². The molecule has 0 spiro atoms. The van der Waals surface area contributed by atoms with Gasteiger partial charge in [0.25, 0.3) is 0 Å². The van der Waals surface area contributed by atoms with Crippen LogP contribution in [-0.4, -0.2) is 18.7 Å². The molecule has 1 aliphatic heterocycles. The number of aldehydes is 1. The van der Waals surface area contributed by atoms with Crippen molar-refractivity contribution in [1.29, 1.82) is 0 Å². The predicted molar refractivity (Wildman–Crippen MR) is 63.0 cm³/mol. The topological polar surface area (TPSA) is 37.4 Å². The van der Waals surface area contributed by atoms with Crippen molar-refractivity contribution in [2.24, 2.45) is 0 Å². The van der Waals surface area contributed by atoms with E-state index in [1.165, 1.54) is 11.0 Å². The van der Waals surface area contributed by atoms with Crippen molar-refractivity contribution in [2.45, 2.75) is 25.4 Å². The van der Waals surface area contributed by atoms with E-state index in [9.17, 15) is 22.8 Å². The van der Waals surface area contributed by atoms with Crippen LogP contribution in [0.15, 0.2) is 18.2 Å². The van der Waals surface area contributed by atoms with Gasteiger partial charge in [0, 0.05) is 24.2 Å². The minimum Gasteiger partial charge on any atom is -0.312 e. The normalized spacial score (nSPS) is 16.6. The number of amides is 1. The third kappa shape index (κ3) is 2.77. The second-order valence-electron chi connectivity index (χ2n) is 4.39. The van der Waals surface area contributed by atoms with E-state index < -0.39 is 17.3 Å². The van der Waals surface area contributed by atoms with Crippen molar-refractivity contribution in [3.63, 3.8) is 0 Å². The summed E-state index contributed by atoms with van der Waals surface area (Å²) in [6, 6.07) is 3.35. The number of nitrogens with zero attached hydrogens (tertiary/aromatic N) is 1. The number of hydrogen-bond acceptors (Lipinski definition) is 2. The van der Waals surface area contributed by atoms with E-state index in [4.69, 9.17) is 0 Å². The summed E-state index contributed by atoms with van der Waals surface area (Å²) in [7, 11) is 0. The molecule has 1 heterocycles. The van der Waals surface area contributed by atoms with E-state index in [0.29, 0.717) is 13.0 Å². The summed E-state index contributed by atoms with van der Waals surface area (Å²) in [5.41, 5.74) is -1.22. The lowest BCUT2D eigenvalue weighted by atomic mass is 10.0. The average Bonchev–Trinajstić information content (AvgIpc) is 2.37. The van der Waals surface area contributed by atoms with E-state index in [1.807, 2.05) is 0 Å². The molecule has 1 aromatic rings. The highest BCUT2D eigenvalue weighted by Crippen LogP contribution is 2.34. The van der Waals surface area contributed by atoms with Gasteiger partial charge in [-0.3, -0.25) is 9.59 Å². The number of rotatable bonds is 2. The Hall–Kier alpha value is -1.85. The second-order valence-corrected chi connectivity index (χ2v) is 4.39. The lowest BCUT2D eigenvalue weighted by Gasteiger charge is -2.27. The number of carbonyl (C=O) groups excluding carboxylic acids is 2. The Labute approximate surface area is 108 Å². The summed E-state index contributed by atoms with van der Waals surface area (Å²) in [5, 5.41) is 0. The lowest BCUT2D eigenvalue weighted by Crippen LogP contribution is -2.35. The van der Waals surface area contributed by atoms with Crippen LogP contribution in [0.3, 0.4) is 0 Å². The first-order chi connectivity index (χ1) is 8.93. The van der Waals surface area contributed by atoms with Gasteiger partial charge in [0.15, 0.2) is 6.29 Å². The van der Waals surface area contributed by atoms with Crippen LogP contribution < -0.4 is 4.90 Å². The number of benzene rings is 1. The fourth-order valence-corrected chi connectivity index (χ4v) is 2.14. The summed E-state index contributed by atoms with van der Waals surface area (Å²) in [6.45, 7) is 0.413. The molecule has 0 N–H and O–H groups in total. The summed E-state index contributed by atoms with van der Waals surface area (Å²) >= 11 is 0. The fraction of sp³-hybridized carbons (Fsp3) is 0.385. The number of alkyl halides is 3. The zero-order chi connectivity index (χ0) is 14.0. The van der Waals surface area contributed by atoms with Crippen molar-refractivity contribution in [3.8, 4) is 0 Å².